The van der Waals surface area contributed by atoms with E-state index in [-0.39, 0.29) is 5.69 Å². The van der Waals surface area contributed by atoms with Gasteiger partial charge in [0.05, 0.1) is 23.8 Å². The third kappa shape index (κ3) is 2.08. The smallest absolute Gasteiger partial charge is 0.353 e. The number of carbonyl (C=O) groups is 1. The van der Waals surface area contributed by atoms with E-state index in [0.29, 0.717) is 28.3 Å². The van der Waals surface area contributed by atoms with Gasteiger partial charge in [0, 0.05) is 5.56 Å². The third-order valence-electron chi connectivity index (χ3n) is 3.88. The Kier molecular flexibility index (Phi) is 3.16. The van der Waals surface area contributed by atoms with Crippen molar-refractivity contribution in [3.05, 3.63) is 60.3 Å². The average molecular weight is 319 g/mol. The molecule has 4 rings (SSSR count). The minimum atomic E-state index is -1.04. The summed E-state index contributed by atoms with van der Waals surface area (Å²) in [5.74, 6) is -0.0690. The van der Waals surface area contributed by atoms with Gasteiger partial charge in [-0.25, -0.2) is 14.8 Å². The first-order valence-electron chi connectivity index (χ1n) is 7.34. The summed E-state index contributed by atoms with van der Waals surface area (Å²) < 4.78 is 6.91. The molecule has 0 aliphatic heterocycles. The standard InChI is InChI=1S/C18H13N3O3/c1-24-16-9-5-2-6-11(16)13-10-15(17(22)23)21-14-8-4-3-7-12(14)19-18(21)20-13/h2-10H,1H3,(H,22,23). The number of nitrogens with zero attached hydrogens (tertiary/aromatic N) is 3. The Morgan fingerprint density at radius 2 is 1.83 bits per heavy atom. The predicted molar refractivity (Wildman–Crippen MR) is 89.4 cm³/mol. The average Bonchev–Trinajstić information content (AvgIpc) is 2.99. The maximum absolute atomic E-state index is 11.8. The maximum Gasteiger partial charge on any atom is 0.353 e. The highest BCUT2D eigenvalue weighted by Crippen LogP contribution is 2.30. The zero-order chi connectivity index (χ0) is 16.7. The van der Waals surface area contributed by atoms with Gasteiger partial charge in [-0.1, -0.05) is 24.3 Å². The molecule has 4 aromatic rings. The van der Waals surface area contributed by atoms with Crippen LogP contribution in [0.15, 0.2) is 54.6 Å². The van der Waals surface area contributed by atoms with Crippen LogP contribution in [0.4, 0.5) is 0 Å². The molecule has 0 bridgehead atoms. The third-order valence-corrected chi connectivity index (χ3v) is 3.88. The normalized spacial score (nSPS) is 11.0. The Morgan fingerprint density at radius 1 is 1.08 bits per heavy atom. The van der Waals surface area contributed by atoms with Crippen LogP contribution in [-0.4, -0.2) is 32.6 Å². The first kappa shape index (κ1) is 14.2. The van der Waals surface area contributed by atoms with Gasteiger partial charge in [-0.15, -0.1) is 0 Å². The zero-order valence-corrected chi connectivity index (χ0v) is 12.8. The Labute approximate surface area is 137 Å². The number of ether oxygens (including phenoxy) is 1. The molecular weight excluding hydrogens is 306 g/mol. The molecule has 24 heavy (non-hydrogen) atoms. The van der Waals surface area contributed by atoms with E-state index in [0.717, 1.165) is 5.56 Å². The van der Waals surface area contributed by atoms with Crippen molar-refractivity contribution in [1.29, 1.82) is 0 Å². The van der Waals surface area contributed by atoms with Gasteiger partial charge in [-0.3, -0.25) is 4.40 Å². The van der Waals surface area contributed by atoms with Gasteiger partial charge in [-0.2, -0.15) is 0 Å². The number of benzene rings is 2. The summed E-state index contributed by atoms with van der Waals surface area (Å²) in [7, 11) is 1.57. The van der Waals surface area contributed by atoms with Crippen molar-refractivity contribution in [2.24, 2.45) is 0 Å². The van der Waals surface area contributed by atoms with Gasteiger partial charge in [0.2, 0.25) is 5.78 Å². The molecule has 2 heterocycles. The highest BCUT2D eigenvalue weighted by atomic mass is 16.5. The van der Waals surface area contributed by atoms with Crippen LogP contribution in [0.25, 0.3) is 28.1 Å². The lowest BCUT2D eigenvalue weighted by Gasteiger charge is -2.09. The molecule has 0 fully saturated rings. The van der Waals surface area contributed by atoms with E-state index in [1.807, 2.05) is 48.5 Å². The second kappa shape index (κ2) is 5.34. The van der Waals surface area contributed by atoms with Crippen molar-refractivity contribution in [3.8, 4) is 17.0 Å². The molecule has 0 radical (unpaired) electrons. The molecule has 0 amide bonds. The Balaban J connectivity index is 2.09. The number of carboxylic acid groups (broad SMARTS) is 1. The summed E-state index contributed by atoms with van der Waals surface area (Å²) in [6, 6.07) is 16.3. The minimum Gasteiger partial charge on any atom is -0.496 e. The monoisotopic (exact) mass is 319 g/mol. The van der Waals surface area contributed by atoms with Crippen molar-refractivity contribution < 1.29 is 14.6 Å². The molecule has 1 N–H and O–H groups in total. The Morgan fingerprint density at radius 3 is 2.62 bits per heavy atom. The molecule has 0 aliphatic carbocycles. The van der Waals surface area contributed by atoms with Gasteiger partial charge in [0.15, 0.2) is 0 Å². The van der Waals surface area contributed by atoms with Crippen molar-refractivity contribution in [2.45, 2.75) is 0 Å². The molecule has 6 nitrogen and oxygen atoms in total. The molecule has 0 saturated heterocycles. The highest BCUT2D eigenvalue weighted by Gasteiger charge is 2.18. The van der Waals surface area contributed by atoms with E-state index in [9.17, 15) is 9.90 Å². The largest absolute Gasteiger partial charge is 0.496 e. The second-order valence-corrected chi connectivity index (χ2v) is 5.27. The number of hydrogen-bond donors (Lipinski definition) is 1. The number of rotatable bonds is 3. The lowest BCUT2D eigenvalue weighted by atomic mass is 10.1. The fourth-order valence-corrected chi connectivity index (χ4v) is 2.81. The van der Waals surface area contributed by atoms with Crippen LogP contribution in [-0.2, 0) is 0 Å². The summed E-state index contributed by atoms with van der Waals surface area (Å²) in [4.78, 5) is 20.8. The van der Waals surface area contributed by atoms with Crippen LogP contribution >= 0.6 is 0 Å². The summed E-state index contributed by atoms with van der Waals surface area (Å²) in [6.07, 6.45) is 0. The maximum atomic E-state index is 11.8. The van der Waals surface area contributed by atoms with Gasteiger partial charge in [0.25, 0.3) is 0 Å². The molecule has 0 unspecified atom stereocenters. The molecule has 118 valence electrons. The quantitative estimate of drug-likeness (QED) is 0.627. The topological polar surface area (TPSA) is 76.7 Å². The lowest BCUT2D eigenvalue weighted by molar-refractivity contribution is 0.0689. The number of para-hydroxylation sites is 3. The lowest BCUT2D eigenvalue weighted by Crippen LogP contribution is -2.07. The van der Waals surface area contributed by atoms with Crippen LogP contribution in [0, 0.1) is 0 Å². The Hall–Kier alpha value is -3.41. The minimum absolute atomic E-state index is 0.106. The summed E-state index contributed by atoms with van der Waals surface area (Å²) in [5.41, 5.74) is 2.74. The number of methoxy groups -OCH3 is 1. The van der Waals surface area contributed by atoms with Gasteiger partial charge in [-0.05, 0) is 30.3 Å². The SMILES string of the molecule is COc1ccccc1-c1cc(C(=O)O)n2c(n1)nc1ccccc12. The zero-order valence-electron chi connectivity index (χ0n) is 12.8. The van der Waals surface area contributed by atoms with Crippen LogP contribution < -0.4 is 4.74 Å². The predicted octanol–water partition coefficient (Wildman–Crippen LogP) is 3.26. The summed E-state index contributed by atoms with van der Waals surface area (Å²) >= 11 is 0. The first-order chi connectivity index (χ1) is 11.7. The van der Waals surface area contributed by atoms with E-state index in [1.165, 1.54) is 0 Å². The van der Waals surface area contributed by atoms with E-state index in [2.05, 4.69) is 9.97 Å². The second-order valence-electron chi connectivity index (χ2n) is 5.27. The van der Waals surface area contributed by atoms with Crippen molar-refractivity contribution in [3.63, 3.8) is 0 Å². The summed E-state index contributed by atoms with van der Waals surface area (Å²) in [5, 5.41) is 9.65. The summed E-state index contributed by atoms with van der Waals surface area (Å²) in [6.45, 7) is 0. The number of aromatic carboxylic acids is 1. The van der Waals surface area contributed by atoms with E-state index < -0.39 is 5.97 Å². The van der Waals surface area contributed by atoms with E-state index >= 15 is 0 Å². The fourth-order valence-electron chi connectivity index (χ4n) is 2.81. The van der Waals surface area contributed by atoms with E-state index in [1.54, 1.807) is 17.6 Å². The van der Waals surface area contributed by atoms with Crippen LogP contribution in [0.2, 0.25) is 0 Å². The molecule has 0 aliphatic rings. The molecule has 0 saturated carbocycles. The molecule has 0 spiro atoms. The molecule has 2 aromatic heterocycles. The number of hydrogen-bond acceptors (Lipinski definition) is 4. The molecule has 0 atom stereocenters. The fraction of sp³-hybridized carbons (Fsp3) is 0.0556. The van der Waals surface area contributed by atoms with Crippen molar-refractivity contribution >= 4 is 22.8 Å². The number of fused-ring (bicyclic) bond motifs is 3. The molecule has 6 heteroatoms. The highest BCUT2D eigenvalue weighted by molar-refractivity contribution is 5.92. The number of imidazole rings is 1. The molecular formula is C18H13N3O3. The van der Waals surface area contributed by atoms with Gasteiger partial charge < -0.3 is 9.84 Å². The Bertz CT molecular complexity index is 1090. The van der Waals surface area contributed by atoms with Crippen molar-refractivity contribution in [1.82, 2.24) is 14.4 Å². The van der Waals surface area contributed by atoms with Crippen LogP contribution in [0.5, 0.6) is 5.75 Å². The van der Waals surface area contributed by atoms with Gasteiger partial charge >= 0.3 is 5.97 Å². The van der Waals surface area contributed by atoms with Gasteiger partial charge in [0.1, 0.15) is 11.4 Å². The number of carboxylic acids is 1. The van der Waals surface area contributed by atoms with Crippen LogP contribution in [0.1, 0.15) is 10.5 Å². The molecule has 2 aromatic carbocycles. The van der Waals surface area contributed by atoms with Crippen LogP contribution in [0.3, 0.4) is 0 Å². The van der Waals surface area contributed by atoms with E-state index in [4.69, 9.17) is 4.74 Å². The first-order valence-corrected chi connectivity index (χ1v) is 7.34. The number of aromatic nitrogens is 3. The van der Waals surface area contributed by atoms with Crippen molar-refractivity contribution in [2.75, 3.05) is 7.11 Å².